The number of benzene rings is 1. The Morgan fingerprint density at radius 1 is 1.28 bits per heavy atom. The number of halogens is 1. The molecule has 1 aromatic heterocycles. The van der Waals surface area contributed by atoms with Crippen LogP contribution in [-0.4, -0.2) is 16.2 Å². The van der Waals surface area contributed by atoms with Crippen LogP contribution in [0.4, 0.5) is 5.69 Å². The van der Waals surface area contributed by atoms with Crippen molar-refractivity contribution < 1.29 is 5.11 Å². The van der Waals surface area contributed by atoms with E-state index in [0.717, 1.165) is 53.0 Å². The normalized spacial score (nSPS) is 18.7. The molecule has 3 rings (SSSR count). The molecule has 1 fully saturated rings. The number of allylic oxidation sites excluding steroid dienone is 1. The summed E-state index contributed by atoms with van der Waals surface area (Å²) in [4.78, 5) is 4.15. The zero-order valence-electron chi connectivity index (χ0n) is 17.7. The number of aliphatic hydroxyl groups is 1. The first-order valence-electron chi connectivity index (χ1n) is 10.1. The number of hydrogen-bond donors (Lipinski definition) is 2. The molecule has 0 spiro atoms. The van der Waals surface area contributed by atoms with Crippen molar-refractivity contribution in [1.82, 2.24) is 4.98 Å². The van der Waals surface area contributed by atoms with Gasteiger partial charge in [-0.25, -0.2) is 0 Å². The van der Waals surface area contributed by atoms with Gasteiger partial charge in [-0.3, -0.25) is 4.98 Å². The number of aromatic nitrogens is 1. The van der Waals surface area contributed by atoms with Gasteiger partial charge in [-0.15, -0.1) is 0 Å². The number of nitriles is 1. The Balaban J connectivity index is 0.000000360. The molecule has 0 aliphatic heterocycles. The molecule has 0 radical (unpaired) electrons. The van der Waals surface area contributed by atoms with Crippen LogP contribution in [0.15, 0.2) is 30.6 Å². The second-order valence-corrected chi connectivity index (χ2v) is 8.16. The number of nitrogens with two attached hydrogens (primary N) is 1. The predicted octanol–water partition coefficient (Wildman–Crippen LogP) is 5.81. The summed E-state index contributed by atoms with van der Waals surface area (Å²) < 4.78 is 0. The van der Waals surface area contributed by atoms with Crippen LogP contribution in [0.2, 0.25) is 5.02 Å². The molecular formula is C24H30ClN3O. The van der Waals surface area contributed by atoms with E-state index in [1.807, 2.05) is 26.0 Å². The van der Waals surface area contributed by atoms with Gasteiger partial charge in [0.25, 0.3) is 0 Å². The molecule has 0 saturated heterocycles. The number of pyridine rings is 1. The molecule has 0 bridgehead atoms. The van der Waals surface area contributed by atoms with E-state index in [1.165, 1.54) is 12.6 Å². The molecule has 154 valence electrons. The van der Waals surface area contributed by atoms with Crippen molar-refractivity contribution in [2.75, 3.05) is 5.73 Å². The topological polar surface area (TPSA) is 82.9 Å². The van der Waals surface area contributed by atoms with Crippen molar-refractivity contribution >= 4 is 22.9 Å². The lowest BCUT2D eigenvalue weighted by Crippen LogP contribution is -1.99. The zero-order chi connectivity index (χ0) is 21.6. The summed E-state index contributed by atoms with van der Waals surface area (Å²) in [6, 6.07) is 6.16. The number of rotatable bonds is 3. The minimum Gasteiger partial charge on any atom is -0.396 e. The van der Waals surface area contributed by atoms with Crippen LogP contribution in [0.1, 0.15) is 67.3 Å². The van der Waals surface area contributed by atoms with Crippen LogP contribution >= 0.6 is 11.6 Å². The average Bonchev–Trinajstić information content (AvgIpc) is 3.06. The van der Waals surface area contributed by atoms with Gasteiger partial charge in [-0.05, 0) is 73.8 Å². The second kappa shape index (κ2) is 10.4. The summed E-state index contributed by atoms with van der Waals surface area (Å²) in [6.45, 7) is 8.22. The van der Waals surface area contributed by atoms with Crippen LogP contribution in [0.5, 0.6) is 0 Å². The second-order valence-electron chi connectivity index (χ2n) is 7.78. The average molecular weight is 412 g/mol. The SMILES string of the molecule is CC/C=C(\c1cc(C#N)c(C)cc1C)c1cncc(N)c1Cl.CC1CCC(O)C1. The fourth-order valence-corrected chi connectivity index (χ4v) is 3.86. The summed E-state index contributed by atoms with van der Waals surface area (Å²) in [6.07, 6.45) is 9.48. The summed E-state index contributed by atoms with van der Waals surface area (Å²) in [5.41, 5.74) is 11.8. The Kier molecular flexibility index (Phi) is 8.25. The van der Waals surface area contributed by atoms with Gasteiger partial charge in [0.2, 0.25) is 0 Å². The van der Waals surface area contributed by atoms with Gasteiger partial charge in [0.05, 0.1) is 34.6 Å². The molecule has 2 aromatic rings. The number of aliphatic hydroxyl groups excluding tert-OH is 1. The lowest BCUT2D eigenvalue weighted by atomic mass is 9.91. The van der Waals surface area contributed by atoms with Crippen LogP contribution in [-0.2, 0) is 0 Å². The lowest BCUT2D eigenvalue weighted by Gasteiger charge is -2.15. The van der Waals surface area contributed by atoms with Gasteiger partial charge in [0.15, 0.2) is 0 Å². The maximum atomic E-state index is 9.29. The largest absolute Gasteiger partial charge is 0.396 e. The van der Waals surface area contributed by atoms with E-state index in [9.17, 15) is 5.26 Å². The van der Waals surface area contributed by atoms with E-state index in [0.29, 0.717) is 16.3 Å². The third-order valence-corrected chi connectivity index (χ3v) is 5.68. The van der Waals surface area contributed by atoms with Gasteiger partial charge < -0.3 is 10.8 Å². The van der Waals surface area contributed by atoms with Gasteiger partial charge in [0.1, 0.15) is 0 Å². The fourth-order valence-electron chi connectivity index (χ4n) is 3.66. The first kappa shape index (κ1) is 22.9. The Labute approximate surface area is 179 Å². The van der Waals surface area contributed by atoms with Crippen molar-refractivity contribution in [2.45, 2.75) is 59.5 Å². The van der Waals surface area contributed by atoms with E-state index >= 15 is 0 Å². The molecule has 1 aromatic carbocycles. The Morgan fingerprint density at radius 3 is 2.52 bits per heavy atom. The Hall–Kier alpha value is -2.35. The molecule has 5 heteroatoms. The molecule has 1 saturated carbocycles. The molecule has 29 heavy (non-hydrogen) atoms. The zero-order valence-corrected chi connectivity index (χ0v) is 18.4. The molecule has 3 N–H and O–H groups in total. The van der Waals surface area contributed by atoms with Crippen LogP contribution in [0, 0.1) is 31.1 Å². The van der Waals surface area contributed by atoms with E-state index in [2.05, 4.69) is 31.0 Å². The fraction of sp³-hybridized carbons (Fsp3) is 0.417. The molecule has 0 amide bonds. The van der Waals surface area contributed by atoms with Crippen LogP contribution < -0.4 is 5.73 Å². The number of nitrogens with zero attached hydrogens (tertiary/aromatic N) is 2. The Morgan fingerprint density at radius 2 is 2.00 bits per heavy atom. The van der Waals surface area contributed by atoms with E-state index < -0.39 is 0 Å². The number of nitrogen functional groups attached to an aromatic ring is 1. The molecular weight excluding hydrogens is 382 g/mol. The quantitative estimate of drug-likeness (QED) is 0.666. The summed E-state index contributed by atoms with van der Waals surface area (Å²) in [7, 11) is 0. The first-order chi connectivity index (χ1) is 13.8. The highest BCUT2D eigenvalue weighted by atomic mass is 35.5. The van der Waals surface area contributed by atoms with Crippen molar-refractivity contribution in [3.05, 3.63) is 63.4 Å². The van der Waals surface area contributed by atoms with Crippen LogP contribution in [0.25, 0.3) is 5.57 Å². The van der Waals surface area contributed by atoms with Crippen LogP contribution in [0.3, 0.4) is 0 Å². The highest BCUT2D eigenvalue weighted by molar-refractivity contribution is 6.35. The predicted molar refractivity (Wildman–Crippen MR) is 121 cm³/mol. The monoisotopic (exact) mass is 411 g/mol. The van der Waals surface area contributed by atoms with Crippen molar-refractivity contribution in [1.29, 1.82) is 5.26 Å². The Bertz CT molecular complexity index is 922. The first-order valence-corrected chi connectivity index (χ1v) is 10.5. The summed E-state index contributed by atoms with van der Waals surface area (Å²) in [5, 5.41) is 18.7. The maximum absolute atomic E-state index is 9.29. The van der Waals surface area contributed by atoms with E-state index in [-0.39, 0.29) is 6.10 Å². The molecule has 4 nitrogen and oxygen atoms in total. The molecule has 1 aliphatic rings. The highest BCUT2D eigenvalue weighted by Crippen LogP contribution is 2.34. The van der Waals surface area contributed by atoms with Crippen molar-refractivity contribution in [2.24, 2.45) is 5.92 Å². The molecule has 2 atom stereocenters. The third kappa shape index (κ3) is 5.82. The van der Waals surface area contributed by atoms with Gasteiger partial charge in [0, 0.05) is 11.8 Å². The third-order valence-electron chi connectivity index (χ3n) is 5.25. The number of anilines is 1. The molecule has 1 heterocycles. The van der Waals surface area contributed by atoms with Crippen molar-refractivity contribution in [3.63, 3.8) is 0 Å². The van der Waals surface area contributed by atoms with E-state index in [1.54, 1.807) is 6.20 Å². The minimum absolute atomic E-state index is 0.0231. The summed E-state index contributed by atoms with van der Waals surface area (Å²) >= 11 is 6.36. The highest BCUT2D eigenvalue weighted by Gasteiger charge is 2.17. The van der Waals surface area contributed by atoms with Crippen molar-refractivity contribution in [3.8, 4) is 6.07 Å². The van der Waals surface area contributed by atoms with Gasteiger partial charge in [-0.2, -0.15) is 5.26 Å². The lowest BCUT2D eigenvalue weighted by molar-refractivity contribution is 0.179. The smallest absolute Gasteiger partial charge is 0.0994 e. The maximum Gasteiger partial charge on any atom is 0.0994 e. The van der Waals surface area contributed by atoms with Gasteiger partial charge >= 0.3 is 0 Å². The molecule has 1 aliphatic carbocycles. The van der Waals surface area contributed by atoms with E-state index in [4.69, 9.17) is 22.4 Å². The minimum atomic E-state index is 0.0231. The summed E-state index contributed by atoms with van der Waals surface area (Å²) in [5.74, 6) is 0.773. The standard InChI is InChI=1S/C18H18ClN3.C6H12O/c1-4-5-14(16-9-22-10-17(21)18(16)19)15-7-13(8-20)11(2)6-12(15)3;1-5-2-3-6(7)4-5/h5-7,9-10H,4,21H2,1-3H3;5-7H,2-4H2,1H3/b14-5+;. The van der Waals surface area contributed by atoms with Gasteiger partial charge in [-0.1, -0.05) is 37.6 Å². The number of hydrogen-bond acceptors (Lipinski definition) is 4. The molecule has 2 unspecified atom stereocenters. The number of aryl methyl sites for hydroxylation is 2.